The Kier molecular flexibility index (Phi) is 5.44. The van der Waals surface area contributed by atoms with Crippen molar-refractivity contribution in [2.45, 2.75) is 32.0 Å². The van der Waals surface area contributed by atoms with E-state index < -0.39 is 12.7 Å². The third-order valence-corrected chi connectivity index (χ3v) is 6.29. The summed E-state index contributed by atoms with van der Waals surface area (Å²) in [6, 6.07) is 13.2. The third kappa shape index (κ3) is 3.31. The summed E-state index contributed by atoms with van der Waals surface area (Å²) >= 11 is 3.51. The summed E-state index contributed by atoms with van der Waals surface area (Å²) in [6.45, 7) is -0.628. The molecule has 0 saturated heterocycles. The number of halogens is 2. The van der Waals surface area contributed by atoms with Crippen molar-refractivity contribution in [2.75, 3.05) is 11.9 Å². The van der Waals surface area contributed by atoms with E-state index in [-0.39, 0.29) is 11.8 Å². The Balaban J connectivity index is 1.91. The molecule has 0 aromatic heterocycles. The minimum atomic E-state index is -0.628. The van der Waals surface area contributed by atoms with Crippen LogP contribution in [0.25, 0.3) is 0 Å². The number of nitrogens with zero attached hydrogens (tertiary/aromatic N) is 3. The van der Waals surface area contributed by atoms with Gasteiger partial charge in [-0.25, -0.2) is 9.18 Å². The Morgan fingerprint density at radius 1 is 1.20 bits per heavy atom. The summed E-state index contributed by atoms with van der Waals surface area (Å²) in [6.07, 6.45) is 1.67. The van der Waals surface area contributed by atoms with Crippen molar-refractivity contribution in [3.05, 3.63) is 74.9 Å². The number of amides is 2. The number of urea groups is 1. The number of benzene rings is 2. The van der Waals surface area contributed by atoms with E-state index in [0.29, 0.717) is 51.8 Å². The lowest BCUT2D eigenvalue weighted by Gasteiger charge is -2.44. The first-order valence-corrected chi connectivity index (χ1v) is 10.4. The van der Waals surface area contributed by atoms with Gasteiger partial charge in [0.1, 0.15) is 6.67 Å². The zero-order valence-electron chi connectivity index (χ0n) is 16.4. The van der Waals surface area contributed by atoms with Crippen molar-refractivity contribution in [3.8, 4) is 6.07 Å². The van der Waals surface area contributed by atoms with Crippen molar-refractivity contribution in [3.63, 3.8) is 0 Å². The largest absolute Gasteiger partial charge is 0.329 e. The summed E-state index contributed by atoms with van der Waals surface area (Å²) in [5.74, 6) is 0.00325. The molecule has 2 aliphatic rings. The van der Waals surface area contributed by atoms with Gasteiger partial charge in [0.05, 0.1) is 23.4 Å². The van der Waals surface area contributed by atoms with Crippen LogP contribution in [-0.2, 0) is 11.5 Å². The van der Waals surface area contributed by atoms with Crippen LogP contribution < -0.4 is 4.90 Å². The number of alkyl halides is 1. The second kappa shape index (κ2) is 8.04. The number of hydrogen-bond acceptors (Lipinski definition) is 3. The Bertz CT molecular complexity index is 1120. The van der Waals surface area contributed by atoms with Gasteiger partial charge in [0.25, 0.3) is 0 Å². The number of likely N-dealkylation sites (N-methyl/N-ethyl adjacent to an activating group) is 1. The molecule has 1 heterocycles. The Hall–Kier alpha value is -2.98. The molecule has 7 heteroatoms. The summed E-state index contributed by atoms with van der Waals surface area (Å²) in [7, 11) is 1.66. The number of ketones is 1. The lowest BCUT2D eigenvalue weighted by molar-refractivity contribution is -0.116. The molecule has 0 saturated carbocycles. The monoisotopic (exact) mass is 467 g/mol. The molecule has 2 aromatic rings. The van der Waals surface area contributed by atoms with Crippen LogP contribution in [0.2, 0.25) is 0 Å². The standard InChI is InChI=1S/C23H19BrFN3O2/c1-27-22(17-9-8-15(13-26)11-18(17)24)21-19(6-3-7-20(21)29)28(23(27)30)16-5-2-4-14(10-16)12-25/h2,4-5,8-11,22H,3,6-7,12H2,1H3. The fourth-order valence-electron chi connectivity index (χ4n) is 4.19. The Morgan fingerprint density at radius 2 is 2.00 bits per heavy atom. The lowest BCUT2D eigenvalue weighted by atomic mass is 9.83. The van der Waals surface area contributed by atoms with Crippen LogP contribution in [0.3, 0.4) is 0 Å². The highest BCUT2D eigenvalue weighted by Crippen LogP contribution is 2.45. The van der Waals surface area contributed by atoms with Crippen LogP contribution in [0.1, 0.15) is 42.0 Å². The van der Waals surface area contributed by atoms with Crippen molar-refractivity contribution in [2.24, 2.45) is 0 Å². The number of allylic oxidation sites excluding steroid dienone is 1. The number of carbonyl (C=O) groups is 2. The van der Waals surface area contributed by atoms with E-state index in [1.807, 2.05) is 0 Å². The van der Waals surface area contributed by atoms with Crippen molar-refractivity contribution < 1.29 is 14.0 Å². The summed E-state index contributed by atoms with van der Waals surface area (Å²) in [5, 5.41) is 9.16. The molecule has 1 aliphatic carbocycles. The molecule has 0 N–H and O–H groups in total. The van der Waals surface area contributed by atoms with E-state index in [2.05, 4.69) is 22.0 Å². The van der Waals surface area contributed by atoms with Gasteiger partial charge in [-0.2, -0.15) is 5.26 Å². The molecule has 0 fully saturated rings. The van der Waals surface area contributed by atoms with Crippen molar-refractivity contribution >= 4 is 33.4 Å². The van der Waals surface area contributed by atoms with Gasteiger partial charge < -0.3 is 4.90 Å². The maximum Gasteiger partial charge on any atom is 0.329 e. The quantitative estimate of drug-likeness (QED) is 0.605. The fourth-order valence-corrected chi connectivity index (χ4v) is 4.79. The molecular weight excluding hydrogens is 449 g/mol. The molecule has 2 aromatic carbocycles. The van der Waals surface area contributed by atoms with E-state index in [9.17, 15) is 14.0 Å². The van der Waals surface area contributed by atoms with E-state index in [1.54, 1.807) is 54.4 Å². The zero-order chi connectivity index (χ0) is 21.4. The molecule has 0 spiro atoms. The van der Waals surface area contributed by atoms with E-state index >= 15 is 0 Å². The number of Topliss-reactive ketones (excluding diaryl/α,β-unsaturated/α-hetero) is 1. The average Bonchev–Trinajstić information content (AvgIpc) is 2.76. The lowest BCUT2D eigenvalue weighted by Crippen LogP contribution is -2.50. The van der Waals surface area contributed by atoms with Gasteiger partial charge in [-0.1, -0.05) is 34.1 Å². The molecule has 2 amide bonds. The smallest absolute Gasteiger partial charge is 0.316 e. The van der Waals surface area contributed by atoms with Gasteiger partial charge in [0.15, 0.2) is 5.78 Å². The molecule has 30 heavy (non-hydrogen) atoms. The number of rotatable bonds is 3. The van der Waals surface area contributed by atoms with E-state index in [1.165, 1.54) is 4.90 Å². The molecule has 5 nitrogen and oxygen atoms in total. The topological polar surface area (TPSA) is 64.4 Å². The molecule has 1 atom stereocenters. The van der Waals surface area contributed by atoms with Gasteiger partial charge in [0.2, 0.25) is 0 Å². The fraction of sp³-hybridized carbons (Fsp3) is 0.261. The SMILES string of the molecule is CN1C(=O)N(c2cccc(CF)c2)C2=C(C(=O)CCC2)C1c1ccc(C#N)cc1Br. The van der Waals surface area contributed by atoms with Gasteiger partial charge in [0, 0.05) is 29.2 Å². The second-order valence-electron chi connectivity index (χ2n) is 7.42. The van der Waals surface area contributed by atoms with Crippen molar-refractivity contribution in [1.82, 2.24) is 4.90 Å². The van der Waals surface area contributed by atoms with Crippen LogP contribution in [-0.4, -0.2) is 23.8 Å². The molecule has 1 unspecified atom stereocenters. The molecule has 152 valence electrons. The predicted molar refractivity (Wildman–Crippen MR) is 114 cm³/mol. The number of anilines is 1. The Labute approximate surface area is 182 Å². The molecule has 0 radical (unpaired) electrons. The third-order valence-electron chi connectivity index (χ3n) is 5.60. The zero-order valence-corrected chi connectivity index (χ0v) is 17.9. The first kappa shape index (κ1) is 20.3. The molecule has 4 rings (SSSR count). The van der Waals surface area contributed by atoms with Crippen LogP contribution in [0.15, 0.2) is 58.2 Å². The predicted octanol–water partition coefficient (Wildman–Crippen LogP) is 5.41. The maximum absolute atomic E-state index is 13.5. The highest BCUT2D eigenvalue weighted by atomic mass is 79.9. The molecule has 0 bridgehead atoms. The minimum Gasteiger partial charge on any atom is -0.316 e. The van der Waals surface area contributed by atoms with Gasteiger partial charge >= 0.3 is 6.03 Å². The van der Waals surface area contributed by atoms with Crippen LogP contribution in [0, 0.1) is 11.3 Å². The number of carbonyl (C=O) groups excluding carboxylic acids is 2. The highest BCUT2D eigenvalue weighted by Gasteiger charge is 2.43. The van der Waals surface area contributed by atoms with Crippen LogP contribution >= 0.6 is 15.9 Å². The average molecular weight is 468 g/mol. The first-order valence-electron chi connectivity index (χ1n) is 9.64. The number of nitriles is 1. The maximum atomic E-state index is 13.5. The van der Waals surface area contributed by atoms with Gasteiger partial charge in [-0.15, -0.1) is 0 Å². The van der Waals surface area contributed by atoms with Crippen LogP contribution in [0.4, 0.5) is 14.9 Å². The second-order valence-corrected chi connectivity index (χ2v) is 8.27. The normalized spacial score (nSPS) is 19.1. The summed E-state index contributed by atoms with van der Waals surface area (Å²) in [5.41, 5.74) is 3.53. The van der Waals surface area contributed by atoms with Crippen LogP contribution in [0.5, 0.6) is 0 Å². The first-order chi connectivity index (χ1) is 14.5. The molecule has 1 aliphatic heterocycles. The summed E-state index contributed by atoms with van der Waals surface area (Å²) in [4.78, 5) is 29.6. The molecular formula is C23H19BrFN3O2. The van der Waals surface area contributed by atoms with Crippen molar-refractivity contribution in [1.29, 1.82) is 5.26 Å². The van der Waals surface area contributed by atoms with E-state index in [0.717, 1.165) is 5.56 Å². The summed E-state index contributed by atoms with van der Waals surface area (Å²) < 4.78 is 13.9. The van der Waals surface area contributed by atoms with Gasteiger partial charge in [-0.05, 0) is 48.2 Å². The van der Waals surface area contributed by atoms with Gasteiger partial charge in [-0.3, -0.25) is 9.69 Å². The minimum absolute atomic E-state index is 0.00325. The highest BCUT2D eigenvalue weighted by molar-refractivity contribution is 9.10. The number of hydrogen-bond donors (Lipinski definition) is 0. The Morgan fingerprint density at radius 3 is 2.70 bits per heavy atom. The van der Waals surface area contributed by atoms with E-state index in [4.69, 9.17) is 5.26 Å².